The summed E-state index contributed by atoms with van der Waals surface area (Å²) in [5.74, 6) is 0.146. The average molecular weight is 304 g/mol. The van der Waals surface area contributed by atoms with Gasteiger partial charge in [-0.3, -0.25) is 0 Å². The Morgan fingerprint density at radius 3 is 2.65 bits per heavy atom. The van der Waals surface area contributed by atoms with Gasteiger partial charge in [-0.05, 0) is 19.1 Å². The molecule has 0 aliphatic heterocycles. The summed E-state index contributed by atoms with van der Waals surface area (Å²) in [6, 6.07) is 6.78. The number of para-hydroxylation sites is 2. The van der Waals surface area contributed by atoms with E-state index < -0.39 is 22.2 Å². The quantitative estimate of drug-likeness (QED) is 0.472. The van der Waals surface area contributed by atoms with Gasteiger partial charge in [0.1, 0.15) is 12.4 Å². The molecular formula is C12H20N2O5S. The molecule has 114 valence electrons. The standard InChI is InChI=1S/C12H20N2O5S/c1-12(16,9-15)8-14-20(17,18)7-6-19-11-5-3-2-4-10(11)13/h2-5,14-16H,6-9,13H2,1H3. The molecule has 0 aromatic heterocycles. The van der Waals surface area contributed by atoms with Crippen molar-refractivity contribution in [1.29, 1.82) is 0 Å². The van der Waals surface area contributed by atoms with E-state index in [1.807, 2.05) is 0 Å². The fourth-order valence-corrected chi connectivity index (χ4v) is 2.24. The molecule has 0 amide bonds. The van der Waals surface area contributed by atoms with E-state index in [9.17, 15) is 13.5 Å². The number of benzene rings is 1. The summed E-state index contributed by atoms with van der Waals surface area (Å²) in [7, 11) is -3.59. The summed E-state index contributed by atoms with van der Waals surface area (Å²) in [6.07, 6.45) is 0. The van der Waals surface area contributed by atoms with Crippen LogP contribution in [0.2, 0.25) is 0 Å². The van der Waals surface area contributed by atoms with Crippen LogP contribution in [0.15, 0.2) is 24.3 Å². The van der Waals surface area contributed by atoms with Gasteiger partial charge in [-0.1, -0.05) is 12.1 Å². The van der Waals surface area contributed by atoms with E-state index in [1.54, 1.807) is 24.3 Å². The van der Waals surface area contributed by atoms with Crippen molar-refractivity contribution in [2.75, 3.05) is 31.2 Å². The first-order valence-electron chi connectivity index (χ1n) is 6.04. The highest BCUT2D eigenvalue weighted by molar-refractivity contribution is 7.89. The summed E-state index contributed by atoms with van der Waals surface area (Å²) in [4.78, 5) is 0. The first kappa shape index (κ1) is 16.7. The molecule has 0 bridgehead atoms. The Balaban J connectivity index is 2.43. The number of aliphatic hydroxyl groups excluding tert-OH is 1. The molecule has 0 saturated heterocycles. The highest BCUT2D eigenvalue weighted by Crippen LogP contribution is 2.19. The Labute approximate surface area is 118 Å². The lowest BCUT2D eigenvalue weighted by molar-refractivity contribution is 0.00680. The van der Waals surface area contributed by atoms with Gasteiger partial charge < -0.3 is 20.7 Å². The molecule has 1 unspecified atom stereocenters. The maximum Gasteiger partial charge on any atom is 0.215 e. The number of anilines is 1. The first-order chi connectivity index (χ1) is 9.26. The molecule has 1 rings (SSSR count). The number of nitrogens with two attached hydrogens (primary N) is 1. The summed E-state index contributed by atoms with van der Waals surface area (Å²) in [5.41, 5.74) is 4.60. The van der Waals surface area contributed by atoms with Crippen molar-refractivity contribution in [2.45, 2.75) is 12.5 Å². The van der Waals surface area contributed by atoms with Crippen LogP contribution >= 0.6 is 0 Å². The predicted octanol–water partition coefficient (Wildman–Crippen LogP) is -0.690. The molecule has 5 N–H and O–H groups in total. The van der Waals surface area contributed by atoms with Gasteiger partial charge in [0.2, 0.25) is 10.0 Å². The number of nitrogen functional groups attached to an aromatic ring is 1. The molecule has 1 aromatic rings. The van der Waals surface area contributed by atoms with Crippen LogP contribution in [0.4, 0.5) is 5.69 Å². The highest BCUT2D eigenvalue weighted by Gasteiger charge is 2.22. The minimum Gasteiger partial charge on any atom is -0.490 e. The second kappa shape index (κ2) is 6.89. The smallest absolute Gasteiger partial charge is 0.215 e. The summed E-state index contributed by atoms with van der Waals surface area (Å²) in [5, 5.41) is 18.3. The van der Waals surface area contributed by atoms with Gasteiger partial charge in [-0.2, -0.15) is 0 Å². The number of hydrogen-bond acceptors (Lipinski definition) is 6. The van der Waals surface area contributed by atoms with E-state index >= 15 is 0 Å². The number of hydrogen-bond donors (Lipinski definition) is 4. The summed E-state index contributed by atoms with van der Waals surface area (Å²) >= 11 is 0. The third kappa shape index (κ3) is 5.74. The van der Waals surface area contributed by atoms with Crippen molar-refractivity contribution in [2.24, 2.45) is 0 Å². The minimum absolute atomic E-state index is 0.0647. The fourth-order valence-electron chi connectivity index (χ4n) is 1.27. The minimum atomic E-state index is -3.59. The molecule has 1 atom stereocenters. The topological polar surface area (TPSA) is 122 Å². The Hall–Kier alpha value is -1.35. The van der Waals surface area contributed by atoms with E-state index in [-0.39, 0.29) is 18.9 Å². The van der Waals surface area contributed by atoms with Crippen LogP contribution in [0.5, 0.6) is 5.75 Å². The Bertz CT molecular complexity index is 530. The van der Waals surface area contributed by atoms with Crippen LogP contribution in [0, 0.1) is 0 Å². The van der Waals surface area contributed by atoms with Gasteiger partial charge in [0.05, 0.1) is 23.6 Å². The molecule has 7 nitrogen and oxygen atoms in total. The zero-order valence-electron chi connectivity index (χ0n) is 11.2. The second-order valence-electron chi connectivity index (χ2n) is 4.68. The van der Waals surface area contributed by atoms with Crippen molar-refractivity contribution in [1.82, 2.24) is 4.72 Å². The molecule has 0 aliphatic carbocycles. The van der Waals surface area contributed by atoms with E-state index in [2.05, 4.69) is 4.72 Å². The van der Waals surface area contributed by atoms with Crippen molar-refractivity contribution in [3.63, 3.8) is 0 Å². The van der Waals surface area contributed by atoms with E-state index in [4.69, 9.17) is 15.6 Å². The van der Waals surface area contributed by atoms with Crippen molar-refractivity contribution >= 4 is 15.7 Å². The number of aliphatic hydroxyl groups is 2. The van der Waals surface area contributed by atoms with Crippen LogP contribution in [0.3, 0.4) is 0 Å². The van der Waals surface area contributed by atoms with Crippen molar-refractivity contribution in [3.05, 3.63) is 24.3 Å². The van der Waals surface area contributed by atoms with Crippen molar-refractivity contribution in [3.8, 4) is 5.75 Å². The third-order valence-corrected chi connectivity index (χ3v) is 3.83. The average Bonchev–Trinajstić information content (AvgIpc) is 2.39. The number of ether oxygens (including phenoxy) is 1. The van der Waals surface area contributed by atoms with Gasteiger partial charge in [-0.25, -0.2) is 13.1 Å². The molecule has 20 heavy (non-hydrogen) atoms. The van der Waals surface area contributed by atoms with E-state index in [0.29, 0.717) is 11.4 Å². The summed E-state index contributed by atoms with van der Waals surface area (Å²) in [6.45, 7) is 0.466. The van der Waals surface area contributed by atoms with E-state index in [1.165, 1.54) is 6.92 Å². The first-order valence-corrected chi connectivity index (χ1v) is 7.69. The van der Waals surface area contributed by atoms with Gasteiger partial charge in [0.15, 0.2) is 0 Å². The number of rotatable bonds is 8. The van der Waals surface area contributed by atoms with Gasteiger partial charge >= 0.3 is 0 Å². The summed E-state index contributed by atoms with van der Waals surface area (Å²) < 4.78 is 30.8. The molecule has 1 aromatic carbocycles. The predicted molar refractivity (Wildman–Crippen MR) is 75.8 cm³/mol. The molecule has 0 fully saturated rings. The number of nitrogens with one attached hydrogen (secondary N) is 1. The molecule has 0 aliphatic rings. The zero-order valence-corrected chi connectivity index (χ0v) is 12.1. The van der Waals surface area contributed by atoms with Crippen LogP contribution in [-0.2, 0) is 10.0 Å². The lowest BCUT2D eigenvalue weighted by atomic mass is 10.1. The maximum atomic E-state index is 11.7. The Morgan fingerprint density at radius 1 is 1.40 bits per heavy atom. The molecule has 0 spiro atoms. The third-order valence-electron chi connectivity index (χ3n) is 2.54. The zero-order chi connectivity index (χ0) is 15.2. The molecule has 0 radical (unpaired) electrons. The fraction of sp³-hybridized carbons (Fsp3) is 0.500. The van der Waals surface area contributed by atoms with Crippen LogP contribution in [0.25, 0.3) is 0 Å². The Morgan fingerprint density at radius 2 is 2.05 bits per heavy atom. The van der Waals surface area contributed by atoms with Gasteiger partial charge in [-0.15, -0.1) is 0 Å². The maximum absolute atomic E-state index is 11.7. The van der Waals surface area contributed by atoms with Gasteiger partial charge in [0.25, 0.3) is 0 Å². The van der Waals surface area contributed by atoms with Crippen LogP contribution in [-0.4, -0.2) is 49.7 Å². The monoisotopic (exact) mass is 304 g/mol. The lowest BCUT2D eigenvalue weighted by Crippen LogP contribution is -2.44. The highest BCUT2D eigenvalue weighted by atomic mass is 32.2. The Kier molecular flexibility index (Phi) is 5.75. The lowest BCUT2D eigenvalue weighted by Gasteiger charge is -2.20. The molecule has 0 heterocycles. The number of sulfonamides is 1. The van der Waals surface area contributed by atoms with E-state index in [0.717, 1.165) is 0 Å². The SMILES string of the molecule is CC(O)(CO)CNS(=O)(=O)CCOc1ccccc1N. The van der Waals surface area contributed by atoms with Crippen molar-refractivity contribution < 1.29 is 23.4 Å². The molecular weight excluding hydrogens is 284 g/mol. The molecule has 8 heteroatoms. The molecule has 0 saturated carbocycles. The van der Waals surface area contributed by atoms with Crippen LogP contribution < -0.4 is 15.2 Å². The normalized spacial score (nSPS) is 14.8. The van der Waals surface area contributed by atoms with Crippen LogP contribution in [0.1, 0.15) is 6.92 Å². The van der Waals surface area contributed by atoms with Gasteiger partial charge in [0, 0.05) is 6.54 Å². The largest absolute Gasteiger partial charge is 0.490 e. The second-order valence-corrected chi connectivity index (χ2v) is 6.61.